The molecule has 2 aromatic rings. The number of alkyl halides is 2. The molecule has 0 aliphatic heterocycles. The van der Waals surface area contributed by atoms with Crippen LogP contribution in [0.1, 0.15) is 41.7 Å². The highest BCUT2D eigenvalue weighted by molar-refractivity contribution is 5.94. The minimum Gasteiger partial charge on any atom is -0.348 e. The number of carbonyl (C=O) groups excluding carboxylic acids is 1. The van der Waals surface area contributed by atoms with Crippen LogP contribution in [0.15, 0.2) is 18.7 Å². The van der Waals surface area contributed by atoms with Gasteiger partial charge >= 0.3 is 6.61 Å². The average Bonchev–Trinajstić information content (AvgIpc) is 3.02. The second-order valence-electron chi connectivity index (χ2n) is 6.46. The van der Waals surface area contributed by atoms with Crippen molar-refractivity contribution in [2.75, 3.05) is 0 Å². The van der Waals surface area contributed by atoms with E-state index in [1.165, 1.54) is 0 Å². The van der Waals surface area contributed by atoms with Crippen LogP contribution < -0.4 is 5.32 Å². The van der Waals surface area contributed by atoms with Gasteiger partial charge in [0, 0.05) is 19.3 Å². The fourth-order valence-corrected chi connectivity index (χ4v) is 3.11. The van der Waals surface area contributed by atoms with E-state index in [-0.39, 0.29) is 11.9 Å². The number of aryl methyl sites for hydroxylation is 2. The number of hydrogen-bond acceptors (Lipinski definition) is 5. The SMILES string of the molecule is Cc1cnc(-c2cncn2C)nc1C(=O)N[C@H]1CC[C@H](OC(F)F)CC1. The first-order valence-electron chi connectivity index (χ1n) is 8.49. The van der Waals surface area contributed by atoms with Gasteiger partial charge in [-0.05, 0) is 38.2 Å². The molecule has 140 valence electrons. The van der Waals surface area contributed by atoms with Gasteiger partial charge in [0.05, 0.1) is 18.6 Å². The first-order chi connectivity index (χ1) is 12.4. The van der Waals surface area contributed by atoms with Crippen molar-refractivity contribution < 1.29 is 18.3 Å². The lowest BCUT2D eigenvalue weighted by Crippen LogP contribution is -2.40. The van der Waals surface area contributed by atoms with Gasteiger partial charge in [-0.2, -0.15) is 8.78 Å². The molecule has 1 saturated carbocycles. The molecule has 1 aliphatic carbocycles. The van der Waals surface area contributed by atoms with E-state index in [4.69, 9.17) is 0 Å². The summed E-state index contributed by atoms with van der Waals surface area (Å²) in [6.45, 7) is -0.977. The van der Waals surface area contributed by atoms with Crippen LogP contribution in [0.2, 0.25) is 0 Å². The number of imidazole rings is 1. The van der Waals surface area contributed by atoms with E-state index in [9.17, 15) is 13.6 Å². The van der Waals surface area contributed by atoms with Crippen LogP contribution in [0.25, 0.3) is 11.5 Å². The van der Waals surface area contributed by atoms with E-state index in [1.54, 1.807) is 30.2 Å². The fraction of sp³-hybridized carbons (Fsp3) is 0.529. The van der Waals surface area contributed by atoms with E-state index < -0.39 is 12.7 Å². The minimum absolute atomic E-state index is 0.0745. The molecule has 2 heterocycles. The number of carbonyl (C=O) groups is 1. The predicted molar refractivity (Wildman–Crippen MR) is 89.6 cm³/mol. The number of ether oxygens (including phenoxy) is 1. The van der Waals surface area contributed by atoms with Crippen molar-refractivity contribution in [1.82, 2.24) is 24.8 Å². The summed E-state index contributed by atoms with van der Waals surface area (Å²) in [5.41, 5.74) is 1.69. The molecular formula is C17H21F2N5O2. The molecule has 0 spiro atoms. The lowest BCUT2D eigenvalue weighted by atomic mass is 9.93. The van der Waals surface area contributed by atoms with Crippen LogP contribution >= 0.6 is 0 Å². The van der Waals surface area contributed by atoms with E-state index in [1.807, 2.05) is 7.05 Å². The highest BCUT2D eigenvalue weighted by Crippen LogP contribution is 2.23. The van der Waals surface area contributed by atoms with Crippen molar-refractivity contribution in [2.24, 2.45) is 7.05 Å². The third-order valence-corrected chi connectivity index (χ3v) is 4.54. The van der Waals surface area contributed by atoms with Crippen LogP contribution in [-0.4, -0.2) is 44.2 Å². The summed E-state index contributed by atoms with van der Waals surface area (Å²) < 4.78 is 30.8. The first-order valence-corrected chi connectivity index (χ1v) is 8.49. The standard InChI is InChI=1S/C17H21F2N5O2/c1-10-7-21-15(13-8-20-9-24(13)2)23-14(10)16(25)22-11-3-5-12(6-4-11)26-17(18)19/h7-9,11-12,17H,3-6H2,1-2H3,(H,22,25)/t11-,12-. The largest absolute Gasteiger partial charge is 0.348 e. The number of aromatic nitrogens is 4. The van der Waals surface area contributed by atoms with E-state index in [0.717, 1.165) is 0 Å². The zero-order valence-corrected chi connectivity index (χ0v) is 14.7. The monoisotopic (exact) mass is 365 g/mol. The number of nitrogens with zero attached hydrogens (tertiary/aromatic N) is 4. The number of hydrogen-bond donors (Lipinski definition) is 1. The summed E-state index contributed by atoms with van der Waals surface area (Å²) in [7, 11) is 1.82. The fourth-order valence-electron chi connectivity index (χ4n) is 3.11. The molecule has 1 aliphatic rings. The maximum atomic E-state index is 12.6. The van der Waals surface area contributed by atoms with Gasteiger partial charge in [-0.1, -0.05) is 0 Å². The summed E-state index contributed by atoms with van der Waals surface area (Å²) in [4.78, 5) is 25.3. The van der Waals surface area contributed by atoms with Gasteiger partial charge in [0.15, 0.2) is 5.82 Å². The molecule has 0 atom stereocenters. The second-order valence-corrected chi connectivity index (χ2v) is 6.46. The Balaban J connectivity index is 1.66. The van der Waals surface area contributed by atoms with Gasteiger partial charge in [-0.25, -0.2) is 15.0 Å². The minimum atomic E-state index is -2.75. The Kier molecular flexibility index (Phi) is 5.55. The van der Waals surface area contributed by atoms with Crippen LogP contribution in [0.3, 0.4) is 0 Å². The first kappa shape index (κ1) is 18.4. The Morgan fingerprint density at radius 2 is 2.04 bits per heavy atom. The molecule has 0 radical (unpaired) electrons. The van der Waals surface area contributed by atoms with Crippen LogP contribution in [0.5, 0.6) is 0 Å². The molecule has 0 saturated heterocycles. The molecule has 1 fully saturated rings. The Bertz CT molecular complexity index is 772. The summed E-state index contributed by atoms with van der Waals surface area (Å²) >= 11 is 0. The molecule has 0 unspecified atom stereocenters. The molecule has 2 aromatic heterocycles. The van der Waals surface area contributed by atoms with Gasteiger partial charge in [-0.3, -0.25) is 4.79 Å². The smallest absolute Gasteiger partial charge is 0.345 e. The topological polar surface area (TPSA) is 81.9 Å². The zero-order valence-electron chi connectivity index (χ0n) is 14.7. The number of rotatable bonds is 5. The van der Waals surface area contributed by atoms with Crippen LogP contribution in [0, 0.1) is 6.92 Å². The highest BCUT2D eigenvalue weighted by Gasteiger charge is 2.26. The molecule has 1 amide bonds. The molecule has 9 heteroatoms. The van der Waals surface area contributed by atoms with Gasteiger partial charge in [0.25, 0.3) is 5.91 Å². The Morgan fingerprint density at radius 1 is 1.31 bits per heavy atom. The van der Waals surface area contributed by atoms with E-state index >= 15 is 0 Å². The molecule has 0 bridgehead atoms. The van der Waals surface area contributed by atoms with Crippen molar-refractivity contribution >= 4 is 5.91 Å². The molecule has 3 rings (SSSR count). The molecular weight excluding hydrogens is 344 g/mol. The van der Waals surface area contributed by atoms with Gasteiger partial charge in [0.1, 0.15) is 11.4 Å². The summed E-state index contributed by atoms with van der Waals surface area (Å²) in [5, 5.41) is 2.94. The quantitative estimate of drug-likeness (QED) is 0.880. The zero-order chi connectivity index (χ0) is 18.7. The van der Waals surface area contributed by atoms with Crippen molar-refractivity contribution in [3.63, 3.8) is 0 Å². The van der Waals surface area contributed by atoms with Crippen molar-refractivity contribution in [3.05, 3.63) is 30.0 Å². The van der Waals surface area contributed by atoms with Gasteiger partial charge in [-0.15, -0.1) is 0 Å². The lowest BCUT2D eigenvalue weighted by molar-refractivity contribution is -0.170. The maximum absolute atomic E-state index is 12.6. The number of nitrogens with one attached hydrogen (secondary N) is 1. The maximum Gasteiger partial charge on any atom is 0.345 e. The number of halogens is 2. The normalized spacial score (nSPS) is 20.3. The molecule has 7 nitrogen and oxygen atoms in total. The molecule has 26 heavy (non-hydrogen) atoms. The molecule has 1 N–H and O–H groups in total. The summed E-state index contributed by atoms with van der Waals surface area (Å²) in [5.74, 6) is 0.140. The van der Waals surface area contributed by atoms with Crippen LogP contribution in [-0.2, 0) is 11.8 Å². The lowest BCUT2D eigenvalue weighted by Gasteiger charge is -2.28. The van der Waals surface area contributed by atoms with Gasteiger partial charge in [0.2, 0.25) is 0 Å². The predicted octanol–water partition coefficient (Wildman–Crippen LogP) is 2.47. The van der Waals surface area contributed by atoms with Gasteiger partial charge < -0.3 is 14.6 Å². The summed E-state index contributed by atoms with van der Waals surface area (Å²) in [6.07, 6.45) is 6.63. The molecule has 0 aromatic carbocycles. The van der Waals surface area contributed by atoms with E-state index in [2.05, 4.69) is 25.0 Å². The van der Waals surface area contributed by atoms with E-state index in [0.29, 0.717) is 48.5 Å². The van der Waals surface area contributed by atoms with Crippen LogP contribution in [0.4, 0.5) is 8.78 Å². The van der Waals surface area contributed by atoms with Crippen molar-refractivity contribution in [3.8, 4) is 11.5 Å². The third kappa shape index (κ3) is 4.21. The Hall–Kier alpha value is -2.42. The Labute approximate surface area is 149 Å². The van der Waals surface area contributed by atoms with Crippen molar-refractivity contribution in [1.29, 1.82) is 0 Å². The number of amides is 1. The summed E-state index contributed by atoms with van der Waals surface area (Å²) in [6, 6.07) is -0.0745. The van der Waals surface area contributed by atoms with Crippen molar-refractivity contribution in [2.45, 2.75) is 51.4 Å². The second kappa shape index (κ2) is 7.86. The average molecular weight is 365 g/mol. The highest BCUT2D eigenvalue weighted by atomic mass is 19.3. The Morgan fingerprint density at radius 3 is 2.65 bits per heavy atom. The third-order valence-electron chi connectivity index (χ3n) is 4.54.